The van der Waals surface area contributed by atoms with Crippen LogP contribution in [-0.4, -0.2) is 73.7 Å². The summed E-state index contributed by atoms with van der Waals surface area (Å²) in [7, 11) is 0. The molecule has 0 aliphatic carbocycles. The lowest BCUT2D eigenvalue weighted by atomic mass is 10.1. The van der Waals surface area contributed by atoms with Crippen molar-refractivity contribution >= 4 is 23.4 Å². The molecule has 1 heterocycles. The molecule has 1 aliphatic heterocycles. The lowest BCUT2D eigenvalue weighted by Crippen LogP contribution is -2.50. The third-order valence-electron chi connectivity index (χ3n) is 5.45. The van der Waals surface area contributed by atoms with Crippen molar-refractivity contribution in [1.29, 1.82) is 0 Å². The van der Waals surface area contributed by atoms with E-state index in [2.05, 4.69) is 10.2 Å². The van der Waals surface area contributed by atoms with Gasteiger partial charge in [0.2, 0.25) is 5.91 Å². The van der Waals surface area contributed by atoms with Gasteiger partial charge in [0.25, 0.3) is 5.91 Å². The molecular formula is C24H29ClFN3O4. The summed E-state index contributed by atoms with van der Waals surface area (Å²) in [6, 6.07) is 11.9. The van der Waals surface area contributed by atoms with Crippen LogP contribution in [0.4, 0.5) is 4.39 Å². The average Bonchev–Trinajstić information content (AvgIpc) is 2.83. The van der Waals surface area contributed by atoms with Gasteiger partial charge in [0.15, 0.2) is 6.61 Å². The van der Waals surface area contributed by atoms with Gasteiger partial charge in [-0.05, 0) is 36.8 Å². The summed E-state index contributed by atoms with van der Waals surface area (Å²) in [5.74, 6) is -0.629. The highest BCUT2D eigenvalue weighted by atomic mass is 35.5. The molecule has 1 aliphatic rings. The van der Waals surface area contributed by atoms with E-state index in [1.54, 1.807) is 43.3 Å². The molecular weight excluding hydrogens is 449 g/mol. The molecule has 0 unspecified atom stereocenters. The van der Waals surface area contributed by atoms with Gasteiger partial charge in [-0.1, -0.05) is 35.9 Å². The number of carbonyl (C=O) groups excluding carboxylic acids is 2. The van der Waals surface area contributed by atoms with Crippen LogP contribution in [0.5, 0.6) is 5.75 Å². The number of nitrogens with one attached hydrogen (secondary N) is 1. The summed E-state index contributed by atoms with van der Waals surface area (Å²) in [5, 5.41) is 3.30. The van der Waals surface area contributed by atoms with Gasteiger partial charge in [-0.2, -0.15) is 0 Å². The second-order valence-corrected chi connectivity index (χ2v) is 8.20. The number of nitrogens with zero attached hydrogens (tertiary/aromatic N) is 2. The van der Waals surface area contributed by atoms with Gasteiger partial charge < -0.3 is 19.7 Å². The highest BCUT2D eigenvalue weighted by Gasteiger charge is 2.26. The molecule has 0 bridgehead atoms. The Labute approximate surface area is 198 Å². The Morgan fingerprint density at radius 2 is 1.88 bits per heavy atom. The molecule has 0 saturated carbocycles. The maximum absolute atomic E-state index is 13.3. The highest BCUT2D eigenvalue weighted by molar-refractivity contribution is 6.32. The van der Waals surface area contributed by atoms with Crippen LogP contribution in [0.25, 0.3) is 0 Å². The van der Waals surface area contributed by atoms with Crippen LogP contribution in [-0.2, 0) is 20.9 Å². The normalized spacial score (nSPS) is 15.0. The van der Waals surface area contributed by atoms with Gasteiger partial charge in [-0.3, -0.25) is 14.5 Å². The van der Waals surface area contributed by atoms with Gasteiger partial charge >= 0.3 is 0 Å². The Morgan fingerprint density at radius 1 is 1.18 bits per heavy atom. The maximum Gasteiger partial charge on any atom is 0.261 e. The van der Waals surface area contributed by atoms with Gasteiger partial charge in [0.1, 0.15) is 17.6 Å². The van der Waals surface area contributed by atoms with Crippen molar-refractivity contribution in [3.05, 3.63) is 64.9 Å². The van der Waals surface area contributed by atoms with Crippen molar-refractivity contribution in [2.45, 2.75) is 19.5 Å². The smallest absolute Gasteiger partial charge is 0.261 e. The van der Waals surface area contributed by atoms with E-state index < -0.39 is 6.04 Å². The topological polar surface area (TPSA) is 71.1 Å². The van der Waals surface area contributed by atoms with E-state index in [9.17, 15) is 14.0 Å². The number of hydrogen-bond donors (Lipinski definition) is 1. The Hall–Kier alpha value is -2.68. The first-order valence-electron chi connectivity index (χ1n) is 10.9. The number of carbonyl (C=O) groups is 2. The third kappa shape index (κ3) is 7.70. The van der Waals surface area contributed by atoms with Gasteiger partial charge in [-0.15, -0.1) is 0 Å². The third-order valence-corrected chi connectivity index (χ3v) is 5.76. The number of benzene rings is 2. The van der Waals surface area contributed by atoms with Crippen molar-refractivity contribution in [3.63, 3.8) is 0 Å². The molecule has 0 aromatic heterocycles. The van der Waals surface area contributed by atoms with E-state index in [1.165, 1.54) is 17.0 Å². The van der Waals surface area contributed by atoms with Crippen LogP contribution >= 0.6 is 11.6 Å². The number of rotatable bonds is 10. The number of amides is 2. The first-order chi connectivity index (χ1) is 15.9. The van der Waals surface area contributed by atoms with E-state index in [1.807, 2.05) is 0 Å². The highest BCUT2D eigenvalue weighted by Crippen LogP contribution is 2.23. The molecule has 33 heavy (non-hydrogen) atoms. The second-order valence-electron chi connectivity index (χ2n) is 7.79. The van der Waals surface area contributed by atoms with Gasteiger partial charge in [0, 0.05) is 32.7 Å². The molecule has 1 fully saturated rings. The summed E-state index contributed by atoms with van der Waals surface area (Å²) in [6.07, 6.45) is 0. The first kappa shape index (κ1) is 25.0. The molecule has 0 radical (unpaired) electrons. The van der Waals surface area contributed by atoms with E-state index >= 15 is 0 Å². The summed E-state index contributed by atoms with van der Waals surface area (Å²) < 4.78 is 24.2. The van der Waals surface area contributed by atoms with Crippen molar-refractivity contribution in [3.8, 4) is 5.75 Å². The molecule has 178 valence electrons. The summed E-state index contributed by atoms with van der Waals surface area (Å²) >= 11 is 6.10. The Bertz CT molecular complexity index is 922. The van der Waals surface area contributed by atoms with Crippen LogP contribution in [0.15, 0.2) is 48.5 Å². The van der Waals surface area contributed by atoms with Crippen molar-refractivity contribution < 1.29 is 23.5 Å². The van der Waals surface area contributed by atoms with Crippen molar-refractivity contribution in [2.24, 2.45) is 0 Å². The molecule has 3 rings (SSSR count). The van der Waals surface area contributed by atoms with Crippen LogP contribution in [0.1, 0.15) is 12.5 Å². The fraction of sp³-hybridized carbons (Fsp3) is 0.417. The van der Waals surface area contributed by atoms with E-state index in [4.69, 9.17) is 21.1 Å². The molecule has 1 N–H and O–H groups in total. The summed E-state index contributed by atoms with van der Waals surface area (Å²) in [6.45, 7) is 5.76. The fourth-order valence-corrected chi connectivity index (χ4v) is 3.65. The maximum atomic E-state index is 13.3. The predicted molar refractivity (Wildman–Crippen MR) is 124 cm³/mol. The summed E-state index contributed by atoms with van der Waals surface area (Å²) in [5.41, 5.74) is 0.704. The second kappa shape index (κ2) is 12.5. The summed E-state index contributed by atoms with van der Waals surface area (Å²) in [4.78, 5) is 29.5. The number of halogens is 2. The monoisotopic (exact) mass is 477 g/mol. The molecule has 7 nitrogen and oxygen atoms in total. The van der Waals surface area contributed by atoms with Crippen LogP contribution in [0.3, 0.4) is 0 Å². The lowest BCUT2D eigenvalue weighted by Gasteiger charge is -2.30. The van der Waals surface area contributed by atoms with Crippen LogP contribution in [0, 0.1) is 5.82 Å². The minimum absolute atomic E-state index is 0.142. The molecule has 0 spiro atoms. The Morgan fingerprint density at radius 3 is 2.58 bits per heavy atom. The molecule has 9 heteroatoms. The van der Waals surface area contributed by atoms with Gasteiger partial charge in [0.05, 0.1) is 18.2 Å². The zero-order chi connectivity index (χ0) is 23.6. The van der Waals surface area contributed by atoms with Crippen LogP contribution < -0.4 is 10.1 Å². The fourth-order valence-electron chi connectivity index (χ4n) is 3.46. The molecule has 2 aromatic carbocycles. The Balaban J connectivity index is 1.62. The minimum atomic E-state index is -0.748. The SMILES string of the molecule is C[C@@H](C(=O)NCCN1CCOCC1)N(Cc1ccc(F)cc1)C(=O)COc1ccccc1Cl. The number of ether oxygens (including phenoxy) is 2. The van der Waals surface area contributed by atoms with Gasteiger partial charge in [-0.25, -0.2) is 4.39 Å². The predicted octanol–water partition coefficient (Wildman–Crippen LogP) is 2.72. The zero-order valence-electron chi connectivity index (χ0n) is 18.6. The van der Waals surface area contributed by atoms with Crippen molar-refractivity contribution in [2.75, 3.05) is 46.0 Å². The zero-order valence-corrected chi connectivity index (χ0v) is 19.4. The Kier molecular flexibility index (Phi) is 9.47. The quantitative estimate of drug-likeness (QED) is 0.569. The number of para-hydroxylation sites is 1. The van der Waals surface area contributed by atoms with Crippen LogP contribution in [0.2, 0.25) is 5.02 Å². The average molecular weight is 478 g/mol. The number of hydrogen-bond acceptors (Lipinski definition) is 5. The molecule has 2 aromatic rings. The largest absolute Gasteiger partial charge is 0.482 e. The van der Waals surface area contributed by atoms with Crippen molar-refractivity contribution in [1.82, 2.24) is 15.1 Å². The first-order valence-corrected chi connectivity index (χ1v) is 11.3. The molecule has 1 saturated heterocycles. The van der Waals surface area contributed by atoms with E-state index in [-0.39, 0.29) is 30.8 Å². The molecule has 2 amide bonds. The minimum Gasteiger partial charge on any atom is -0.482 e. The standard InChI is InChI=1S/C24H29ClFN3O4/c1-18(24(31)27-10-11-28-12-14-32-15-13-28)29(16-19-6-8-20(26)9-7-19)23(30)17-33-22-5-3-2-4-21(22)25/h2-9,18H,10-17H2,1H3,(H,27,31)/t18-/m0/s1. The van der Waals surface area contributed by atoms with E-state index in [0.717, 1.165) is 13.1 Å². The molecule has 1 atom stereocenters. The van der Waals surface area contributed by atoms with E-state index in [0.29, 0.717) is 42.6 Å². The number of morpholine rings is 1. The lowest BCUT2D eigenvalue weighted by molar-refractivity contribution is -0.142.